The second-order valence-electron chi connectivity index (χ2n) is 5.99. The minimum Gasteiger partial charge on any atom is -0.384 e. The van der Waals surface area contributed by atoms with E-state index in [0.717, 1.165) is 33.7 Å². The molecule has 124 valence electrons. The largest absolute Gasteiger partial charge is 0.384 e. The van der Waals surface area contributed by atoms with E-state index in [1.807, 2.05) is 19.1 Å². The smallest absolute Gasteiger partial charge is 0.157 e. The third kappa shape index (κ3) is 2.52. The molecular formula is C19H16FN5. The van der Waals surface area contributed by atoms with Gasteiger partial charge in [-0.05, 0) is 61.4 Å². The topological polar surface area (TPSA) is 69.1 Å². The second kappa shape index (κ2) is 5.66. The number of imidazole rings is 1. The van der Waals surface area contributed by atoms with E-state index in [1.165, 1.54) is 6.07 Å². The number of aromatic nitrogens is 4. The van der Waals surface area contributed by atoms with Crippen LogP contribution in [0.5, 0.6) is 0 Å². The standard InChI is InChI=1S/C19H16FN5/c1-11-5-8-23-25-18(14-6-7-22-16(21)10-14)17(24-19(11)25)13-3-4-15(20)12(2)9-13/h3-10H,1-2H3,(H2,21,22). The highest BCUT2D eigenvalue weighted by atomic mass is 19.1. The van der Waals surface area contributed by atoms with Crippen LogP contribution in [0.3, 0.4) is 0 Å². The summed E-state index contributed by atoms with van der Waals surface area (Å²) in [7, 11) is 0. The number of halogens is 1. The number of fused-ring (bicyclic) bond motifs is 1. The molecule has 0 bridgehead atoms. The first-order valence-corrected chi connectivity index (χ1v) is 7.87. The fraction of sp³-hybridized carbons (Fsp3) is 0.105. The normalized spacial score (nSPS) is 11.2. The van der Waals surface area contributed by atoms with Gasteiger partial charge in [0, 0.05) is 23.5 Å². The van der Waals surface area contributed by atoms with Gasteiger partial charge in [0.1, 0.15) is 17.3 Å². The molecule has 0 spiro atoms. The third-order valence-corrected chi connectivity index (χ3v) is 4.20. The summed E-state index contributed by atoms with van der Waals surface area (Å²) in [5.74, 6) is 0.179. The monoisotopic (exact) mass is 333 g/mol. The van der Waals surface area contributed by atoms with Crippen LogP contribution in [0.2, 0.25) is 0 Å². The molecule has 6 heteroatoms. The molecule has 0 aliphatic carbocycles. The van der Waals surface area contributed by atoms with Crippen molar-refractivity contribution >= 4 is 11.5 Å². The summed E-state index contributed by atoms with van der Waals surface area (Å²) in [5.41, 5.74) is 11.4. The lowest BCUT2D eigenvalue weighted by Crippen LogP contribution is -1.97. The summed E-state index contributed by atoms with van der Waals surface area (Å²) in [4.78, 5) is 8.83. The lowest BCUT2D eigenvalue weighted by atomic mass is 10.0. The highest BCUT2D eigenvalue weighted by Crippen LogP contribution is 2.34. The number of rotatable bonds is 2. The predicted octanol–water partition coefficient (Wildman–Crippen LogP) is 3.80. The Morgan fingerprint density at radius 3 is 2.56 bits per heavy atom. The Hall–Kier alpha value is -3.28. The molecular weight excluding hydrogens is 317 g/mol. The summed E-state index contributed by atoms with van der Waals surface area (Å²) in [6.07, 6.45) is 3.39. The number of nitrogen functional groups attached to an aromatic ring is 1. The van der Waals surface area contributed by atoms with Crippen LogP contribution in [0, 0.1) is 19.7 Å². The second-order valence-corrected chi connectivity index (χ2v) is 5.99. The Kier molecular flexibility index (Phi) is 3.46. The van der Waals surface area contributed by atoms with Crippen molar-refractivity contribution in [1.29, 1.82) is 0 Å². The summed E-state index contributed by atoms with van der Waals surface area (Å²) in [5, 5.41) is 4.45. The summed E-state index contributed by atoms with van der Waals surface area (Å²) < 4.78 is 15.5. The van der Waals surface area contributed by atoms with Gasteiger partial charge in [0.2, 0.25) is 0 Å². The van der Waals surface area contributed by atoms with Crippen molar-refractivity contribution in [2.24, 2.45) is 0 Å². The SMILES string of the molecule is Cc1cc(-c2nc3c(C)ccnn3c2-c2ccnc(N)c2)ccc1F. The van der Waals surface area contributed by atoms with Crippen LogP contribution in [-0.4, -0.2) is 19.6 Å². The highest BCUT2D eigenvalue weighted by molar-refractivity contribution is 5.83. The maximum Gasteiger partial charge on any atom is 0.157 e. The van der Waals surface area contributed by atoms with Crippen molar-refractivity contribution in [3.05, 3.63) is 65.7 Å². The molecule has 4 aromatic rings. The molecule has 0 saturated carbocycles. The zero-order valence-electron chi connectivity index (χ0n) is 13.9. The van der Waals surface area contributed by atoms with Crippen LogP contribution in [-0.2, 0) is 0 Å². The molecule has 1 aromatic carbocycles. The van der Waals surface area contributed by atoms with E-state index >= 15 is 0 Å². The first-order chi connectivity index (χ1) is 12.0. The zero-order valence-corrected chi connectivity index (χ0v) is 13.9. The molecule has 0 amide bonds. The molecule has 0 radical (unpaired) electrons. The van der Waals surface area contributed by atoms with E-state index in [0.29, 0.717) is 11.4 Å². The van der Waals surface area contributed by atoms with Gasteiger partial charge in [0.15, 0.2) is 5.65 Å². The Labute approximate surface area is 144 Å². The van der Waals surface area contributed by atoms with Crippen molar-refractivity contribution in [3.8, 4) is 22.5 Å². The number of pyridine rings is 1. The van der Waals surface area contributed by atoms with E-state index in [9.17, 15) is 4.39 Å². The molecule has 2 N–H and O–H groups in total. The van der Waals surface area contributed by atoms with E-state index in [2.05, 4.69) is 10.1 Å². The Bertz CT molecular complexity index is 1100. The van der Waals surface area contributed by atoms with Gasteiger partial charge in [0.05, 0.1) is 5.69 Å². The van der Waals surface area contributed by atoms with E-state index < -0.39 is 0 Å². The molecule has 0 unspecified atom stereocenters. The van der Waals surface area contributed by atoms with Crippen molar-refractivity contribution in [2.45, 2.75) is 13.8 Å². The minimum absolute atomic E-state index is 0.239. The van der Waals surface area contributed by atoms with Gasteiger partial charge in [-0.25, -0.2) is 18.9 Å². The van der Waals surface area contributed by atoms with Crippen LogP contribution in [0.15, 0.2) is 48.8 Å². The van der Waals surface area contributed by atoms with Crippen molar-refractivity contribution in [1.82, 2.24) is 19.6 Å². The number of anilines is 1. The molecule has 4 rings (SSSR count). The van der Waals surface area contributed by atoms with E-state index in [-0.39, 0.29) is 5.82 Å². The molecule has 25 heavy (non-hydrogen) atoms. The summed E-state index contributed by atoms with van der Waals surface area (Å²) >= 11 is 0. The van der Waals surface area contributed by atoms with Gasteiger partial charge < -0.3 is 5.73 Å². The Morgan fingerprint density at radius 1 is 0.960 bits per heavy atom. The fourth-order valence-electron chi connectivity index (χ4n) is 2.91. The van der Waals surface area contributed by atoms with Gasteiger partial charge in [-0.2, -0.15) is 5.10 Å². The average molecular weight is 333 g/mol. The minimum atomic E-state index is -0.239. The van der Waals surface area contributed by atoms with E-state index in [1.54, 1.807) is 42.0 Å². The lowest BCUT2D eigenvalue weighted by Gasteiger charge is -2.07. The van der Waals surface area contributed by atoms with Crippen LogP contribution >= 0.6 is 0 Å². The number of aryl methyl sites for hydroxylation is 2. The molecule has 0 aliphatic rings. The van der Waals surface area contributed by atoms with Crippen molar-refractivity contribution < 1.29 is 4.39 Å². The number of benzene rings is 1. The quantitative estimate of drug-likeness (QED) is 0.606. The number of hydrogen-bond donors (Lipinski definition) is 1. The molecule has 0 fully saturated rings. The molecule has 3 aromatic heterocycles. The molecule has 0 saturated heterocycles. The van der Waals surface area contributed by atoms with E-state index in [4.69, 9.17) is 10.7 Å². The Balaban J connectivity index is 2.08. The zero-order chi connectivity index (χ0) is 17.6. The Morgan fingerprint density at radius 2 is 1.80 bits per heavy atom. The molecule has 0 aliphatic heterocycles. The van der Waals surface area contributed by atoms with Crippen LogP contribution < -0.4 is 5.73 Å². The van der Waals surface area contributed by atoms with Crippen LogP contribution in [0.25, 0.3) is 28.2 Å². The van der Waals surface area contributed by atoms with Crippen LogP contribution in [0.4, 0.5) is 10.2 Å². The molecule has 0 atom stereocenters. The molecule has 3 heterocycles. The number of nitrogens with zero attached hydrogens (tertiary/aromatic N) is 4. The fourth-order valence-corrected chi connectivity index (χ4v) is 2.91. The summed E-state index contributed by atoms with van der Waals surface area (Å²) in [6, 6.07) is 10.5. The van der Waals surface area contributed by atoms with Gasteiger partial charge in [-0.3, -0.25) is 0 Å². The third-order valence-electron chi connectivity index (χ3n) is 4.20. The van der Waals surface area contributed by atoms with Gasteiger partial charge in [0.25, 0.3) is 0 Å². The van der Waals surface area contributed by atoms with Crippen molar-refractivity contribution in [3.63, 3.8) is 0 Å². The van der Waals surface area contributed by atoms with Gasteiger partial charge >= 0.3 is 0 Å². The first kappa shape index (κ1) is 15.3. The van der Waals surface area contributed by atoms with Gasteiger partial charge in [-0.1, -0.05) is 0 Å². The van der Waals surface area contributed by atoms with Crippen LogP contribution in [0.1, 0.15) is 11.1 Å². The lowest BCUT2D eigenvalue weighted by molar-refractivity contribution is 0.619. The van der Waals surface area contributed by atoms with Crippen molar-refractivity contribution in [2.75, 3.05) is 5.73 Å². The predicted molar refractivity (Wildman–Crippen MR) is 95.5 cm³/mol. The summed E-state index contributed by atoms with van der Waals surface area (Å²) in [6.45, 7) is 3.72. The van der Waals surface area contributed by atoms with Gasteiger partial charge in [-0.15, -0.1) is 0 Å². The number of nitrogens with two attached hydrogens (primary N) is 1. The maximum absolute atomic E-state index is 13.7. The maximum atomic E-state index is 13.7. The number of hydrogen-bond acceptors (Lipinski definition) is 4. The first-order valence-electron chi connectivity index (χ1n) is 7.87. The average Bonchev–Trinajstić information content (AvgIpc) is 2.98. The molecule has 5 nitrogen and oxygen atoms in total. The highest BCUT2D eigenvalue weighted by Gasteiger charge is 2.18.